The second kappa shape index (κ2) is 3.66. The largest absolute Gasteiger partial charge is 0.381 e. The lowest BCUT2D eigenvalue weighted by Crippen LogP contribution is -1.94. The summed E-state index contributed by atoms with van der Waals surface area (Å²) in [5.74, 6) is 1.54. The fourth-order valence-corrected chi connectivity index (χ4v) is 2.28. The van der Waals surface area contributed by atoms with Crippen molar-refractivity contribution in [2.75, 3.05) is 5.73 Å². The minimum absolute atomic E-state index is 0.300. The van der Waals surface area contributed by atoms with Gasteiger partial charge >= 0.3 is 0 Å². The predicted molar refractivity (Wildman–Crippen MR) is 60.8 cm³/mol. The third-order valence-electron chi connectivity index (χ3n) is 2.18. The third kappa shape index (κ3) is 1.74. The molecule has 0 saturated heterocycles. The molecule has 0 aliphatic carbocycles. The first-order chi connectivity index (χ1) is 7.09. The number of nitrogens with zero attached hydrogens (tertiary/aromatic N) is 2. The van der Waals surface area contributed by atoms with Gasteiger partial charge in [-0.25, -0.2) is 4.98 Å². The molecule has 2 N–H and O–H groups in total. The van der Waals surface area contributed by atoms with Crippen molar-refractivity contribution in [1.29, 1.82) is 0 Å². The summed E-state index contributed by atoms with van der Waals surface area (Å²) in [4.78, 5) is 5.18. The molecule has 5 heteroatoms. The molecule has 0 unspecified atom stereocenters. The highest BCUT2D eigenvalue weighted by molar-refractivity contribution is 7.15. The van der Waals surface area contributed by atoms with Crippen LogP contribution in [-0.2, 0) is 0 Å². The van der Waals surface area contributed by atoms with Gasteiger partial charge in [-0.05, 0) is 12.8 Å². The molecule has 4 nitrogen and oxygen atoms in total. The average molecular weight is 223 g/mol. The zero-order chi connectivity index (χ0) is 11.0. The van der Waals surface area contributed by atoms with Gasteiger partial charge in [0.05, 0.1) is 9.88 Å². The van der Waals surface area contributed by atoms with Crippen molar-refractivity contribution in [2.45, 2.75) is 26.7 Å². The fraction of sp³-hybridized carbons (Fsp3) is 0.400. The first kappa shape index (κ1) is 10.2. The highest BCUT2D eigenvalue weighted by atomic mass is 32.1. The molecule has 2 rings (SSSR count). The number of nitrogen functional groups attached to an aromatic ring is 1. The molecule has 0 atom stereocenters. The van der Waals surface area contributed by atoms with Crippen LogP contribution in [-0.4, -0.2) is 10.1 Å². The molecule has 0 aliphatic heterocycles. The molecule has 2 aromatic heterocycles. The molecule has 0 bridgehead atoms. The molecule has 0 amide bonds. The van der Waals surface area contributed by atoms with Crippen molar-refractivity contribution in [3.05, 3.63) is 16.8 Å². The molecule has 0 spiro atoms. The molecule has 0 aromatic carbocycles. The second-order valence-electron chi connectivity index (χ2n) is 3.71. The molecule has 0 aliphatic rings. The van der Waals surface area contributed by atoms with Gasteiger partial charge in [-0.15, -0.1) is 11.3 Å². The Morgan fingerprint density at radius 2 is 2.20 bits per heavy atom. The highest BCUT2D eigenvalue weighted by Gasteiger charge is 2.19. The molecular formula is C10H13N3OS. The molecular weight excluding hydrogens is 210 g/mol. The van der Waals surface area contributed by atoms with Gasteiger partial charge in [-0.1, -0.05) is 19.0 Å². The van der Waals surface area contributed by atoms with E-state index in [1.807, 2.05) is 6.92 Å². The SMILES string of the molecule is Cc1ncc(-c2onc(N)c2C(C)C)s1. The maximum absolute atomic E-state index is 5.77. The summed E-state index contributed by atoms with van der Waals surface area (Å²) >= 11 is 1.59. The molecule has 0 saturated carbocycles. The van der Waals surface area contributed by atoms with Crippen molar-refractivity contribution in [1.82, 2.24) is 10.1 Å². The van der Waals surface area contributed by atoms with Crippen molar-refractivity contribution in [3.8, 4) is 10.6 Å². The number of thiazole rings is 1. The van der Waals surface area contributed by atoms with Gasteiger partial charge in [-0.2, -0.15) is 0 Å². The maximum atomic E-state index is 5.77. The third-order valence-corrected chi connectivity index (χ3v) is 3.09. The smallest absolute Gasteiger partial charge is 0.184 e. The monoisotopic (exact) mass is 223 g/mol. The molecule has 80 valence electrons. The average Bonchev–Trinajstić information content (AvgIpc) is 2.71. The summed E-state index contributed by atoms with van der Waals surface area (Å²) < 4.78 is 5.25. The van der Waals surface area contributed by atoms with E-state index in [-0.39, 0.29) is 0 Å². The number of anilines is 1. The van der Waals surface area contributed by atoms with E-state index in [4.69, 9.17) is 10.3 Å². The Balaban J connectivity index is 2.53. The van der Waals surface area contributed by atoms with Gasteiger partial charge in [0.25, 0.3) is 0 Å². The van der Waals surface area contributed by atoms with Crippen LogP contribution in [0.4, 0.5) is 5.82 Å². The van der Waals surface area contributed by atoms with E-state index < -0.39 is 0 Å². The lowest BCUT2D eigenvalue weighted by molar-refractivity contribution is 0.435. The Labute approximate surface area is 92.1 Å². The lowest BCUT2D eigenvalue weighted by atomic mass is 10.0. The van der Waals surface area contributed by atoms with E-state index in [9.17, 15) is 0 Å². The van der Waals surface area contributed by atoms with Crippen LogP contribution < -0.4 is 5.73 Å². The van der Waals surface area contributed by atoms with E-state index >= 15 is 0 Å². The Bertz CT molecular complexity index is 473. The zero-order valence-electron chi connectivity index (χ0n) is 8.94. The van der Waals surface area contributed by atoms with Crippen molar-refractivity contribution >= 4 is 17.2 Å². The predicted octanol–water partition coefficient (Wildman–Crippen LogP) is 2.81. The second-order valence-corrected chi connectivity index (χ2v) is 4.94. The van der Waals surface area contributed by atoms with E-state index in [1.165, 1.54) is 0 Å². The summed E-state index contributed by atoms with van der Waals surface area (Å²) in [5.41, 5.74) is 6.74. The van der Waals surface area contributed by atoms with Crippen LogP contribution in [0.2, 0.25) is 0 Å². The zero-order valence-corrected chi connectivity index (χ0v) is 9.76. The van der Waals surface area contributed by atoms with Crippen LogP contribution >= 0.6 is 11.3 Å². The van der Waals surface area contributed by atoms with Crippen molar-refractivity contribution in [2.24, 2.45) is 0 Å². The van der Waals surface area contributed by atoms with Crippen LogP contribution in [0, 0.1) is 6.92 Å². The highest BCUT2D eigenvalue weighted by Crippen LogP contribution is 2.35. The number of aryl methyl sites for hydroxylation is 1. The minimum atomic E-state index is 0.300. The Morgan fingerprint density at radius 1 is 1.47 bits per heavy atom. The van der Waals surface area contributed by atoms with Crippen LogP contribution in [0.5, 0.6) is 0 Å². The molecule has 2 aromatic rings. The first-order valence-electron chi connectivity index (χ1n) is 4.77. The number of hydrogen-bond donors (Lipinski definition) is 1. The molecule has 0 radical (unpaired) electrons. The first-order valence-corrected chi connectivity index (χ1v) is 5.59. The lowest BCUT2D eigenvalue weighted by Gasteiger charge is -2.02. The van der Waals surface area contributed by atoms with Crippen LogP contribution in [0.25, 0.3) is 10.6 Å². The van der Waals surface area contributed by atoms with E-state index in [0.29, 0.717) is 11.7 Å². The maximum Gasteiger partial charge on any atom is 0.184 e. The number of nitrogens with two attached hydrogens (primary N) is 1. The summed E-state index contributed by atoms with van der Waals surface area (Å²) in [6.45, 7) is 6.10. The Hall–Kier alpha value is -1.36. The quantitative estimate of drug-likeness (QED) is 0.850. The van der Waals surface area contributed by atoms with Crippen LogP contribution in [0.1, 0.15) is 30.3 Å². The van der Waals surface area contributed by atoms with Gasteiger partial charge in [0.2, 0.25) is 0 Å². The van der Waals surface area contributed by atoms with Crippen molar-refractivity contribution < 1.29 is 4.52 Å². The molecule has 2 heterocycles. The van der Waals surface area contributed by atoms with Gasteiger partial charge in [0, 0.05) is 11.8 Å². The van der Waals surface area contributed by atoms with Gasteiger partial charge in [-0.3, -0.25) is 0 Å². The summed E-state index contributed by atoms with van der Waals surface area (Å²) in [5, 5.41) is 4.81. The number of rotatable bonds is 2. The topological polar surface area (TPSA) is 64.9 Å². The van der Waals surface area contributed by atoms with E-state index in [2.05, 4.69) is 24.0 Å². The van der Waals surface area contributed by atoms with Gasteiger partial charge in [0.15, 0.2) is 11.6 Å². The Kier molecular flexibility index (Phi) is 2.48. The summed E-state index contributed by atoms with van der Waals surface area (Å²) in [7, 11) is 0. The number of hydrogen-bond acceptors (Lipinski definition) is 5. The Morgan fingerprint density at radius 3 is 2.73 bits per heavy atom. The van der Waals surface area contributed by atoms with Crippen molar-refractivity contribution in [3.63, 3.8) is 0 Å². The van der Waals surface area contributed by atoms with Crippen LogP contribution in [0.15, 0.2) is 10.7 Å². The van der Waals surface area contributed by atoms with E-state index in [1.54, 1.807) is 17.5 Å². The van der Waals surface area contributed by atoms with E-state index in [0.717, 1.165) is 21.2 Å². The van der Waals surface area contributed by atoms with Crippen LogP contribution in [0.3, 0.4) is 0 Å². The summed E-state index contributed by atoms with van der Waals surface area (Å²) in [6, 6.07) is 0. The van der Waals surface area contributed by atoms with Gasteiger partial charge in [0.1, 0.15) is 0 Å². The minimum Gasteiger partial charge on any atom is -0.381 e. The number of aromatic nitrogens is 2. The fourth-order valence-electron chi connectivity index (χ4n) is 1.51. The van der Waals surface area contributed by atoms with Gasteiger partial charge < -0.3 is 10.3 Å². The summed E-state index contributed by atoms with van der Waals surface area (Å²) in [6.07, 6.45) is 1.80. The molecule has 15 heavy (non-hydrogen) atoms. The standard InChI is InChI=1S/C10H13N3OS/c1-5(2)8-9(14-13-10(8)11)7-4-12-6(3)15-7/h4-5H,1-3H3,(H2,11,13). The molecule has 0 fully saturated rings. The normalized spacial score (nSPS) is 11.2.